The van der Waals surface area contributed by atoms with Crippen LogP contribution in [0.1, 0.15) is 21.5 Å². The van der Waals surface area contributed by atoms with Gasteiger partial charge in [0.25, 0.3) is 0 Å². The summed E-state index contributed by atoms with van der Waals surface area (Å²) in [5.41, 5.74) is 1.05. The van der Waals surface area contributed by atoms with Crippen molar-refractivity contribution < 1.29 is 9.18 Å². The van der Waals surface area contributed by atoms with Gasteiger partial charge in [-0.25, -0.2) is 4.39 Å². The predicted molar refractivity (Wildman–Crippen MR) is 71.0 cm³/mol. The zero-order valence-corrected chi connectivity index (χ0v) is 11.0. The van der Waals surface area contributed by atoms with Crippen LogP contribution < -0.4 is 0 Å². The summed E-state index contributed by atoms with van der Waals surface area (Å²) in [6, 6.07) is 8.97. The summed E-state index contributed by atoms with van der Waals surface area (Å²) in [6.07, 6.45) is 0. The smallest absolute Gasteiger partial charge is 0.197 e. The summed E-state index contributed by atoms with van der Waals surface area (Å²) >= 11 is 11.8. The third-order valence-electron chi connectivity index (χ3n) is 2.62. The van der Waals surface area contributed by atoms with E-state index >= 15 is 0 Å². The minimum Gasteiger partial charge on any atom is -0.288 e. The Bertz CT molecular complexity index is 603. The first-order chi connectivity index (χ1) is 8.50. The summed E-state index contributed by atoms with van der Waals surface area (Å²) in [7, 11) is 0. The normalized spacial score (nSPS) is 10.4. The molecule has 0 saturated carbocycles. The molecule has 0 aliphatic heterocycles. The van der Waals surface area contributed by atoms with Crippen molar-refractivity contribution in [1.82, 2.24) is 0 Å². The standard InChI is InChI=1S/C14H9Cl2FO/c1-8-5-6-9(7-11(8)16)14(18)13-10(15)3-2-4-12(13)17/h2-7H,1H3. The second kappa shape index (κ2) is 5.09. The Labute approximate surface area is 114 Å². The number of carbonyl (C=O) groups is 1. The number of hydrogen-bond acceptors (Lipinski definition) is 1. The molecular weight excluding hydrogens is 274 g/mol. The van der Waals surface area contributed by atoms with Gasteiger partial charge >= 0.3 is 0 Å². The molecule has 2 rings (SSSR count). The second-order valence-corrected chi connectivity index (χ2v) is 4.70. The molecule has 0 radical (unpaired) electrons. The topological polar surface area (TPSA) is 17.1 Å². The highest BCUT2D eigenvalue weighted by Crippen LogP contribution is 2.24. The van der Waals surface area contributed by atoms with E-state index in [0.717, 1.165) is 5.56 Å². The fraction of sp³-hybridized carbons (Fsp3) is 0.0714. The van der Waals surface area contributed by atoms with Crippen LogP contribution in [0.25, 0.3) is 0 Å². The van der Waals surface area contributed by atoms with Crippen molar-refractivity contribution in [2.24, 2.45) is 0 Å². The first-order valence-corrected chi connectivity index (χ1v) is 6.01. The van der Waals surface area contributed by atoms with E-state index in [1.807, 2.05) is 6.92 Å². The van der Waals surface area contributed by atoms with Gasteiger partial charge in [-0.3, -0.25) is 4.79 Å². The molecule has 0 saturated heterocycles. The number of aryl methyl sites for hydroxylation is 1. The lowest BCUT2D eigenvalue weighted by molar-refractivity contribution is 0.103. The molecule has 0 amide bonds. The molecule has 0 heterocycles. The van der Waals surface area contributed by atoms with E-state index in [9.17, 15) is 9.18 Å². The van der Waals surface area contributed by atoms with E-state index in [0.29, 0.717) is 10.6 Å². The maximum atomic E-state index is 13.6. The third-order valence-corrected chi connectivity index (χ3v) is 3.35. The molecule has 0 unspecified atom stereocenters. The fourth-order valence-electron chi connectivity index (χ4n) is 1.59. The lowest BCUT2D eigenvalue weighted by Crippen LogP contribution is -2.05. The average Bonchev–Trinajstić information content (AvgIpc) is 2.32. The first-order valence-electron chi connectivity index (χ1n) is 5.25. The first kappa shape index (κ1) is 13.1. The Kier molecular flexibility index (Phi) is 3.69. The van der Waals surface area contributed by atoms with Crippen molar-refractivity contribution in [1.29, 1.82) is 0 Å². The molecule has 0 atom stereocenters. The van der Waals surface area contributed by atoms with Gasteiger partial charge < -0.3 is 0 Å². The molecule has 92 valence electrons. The zero-order chi connectivity index (χ0) is 13.3. The highest BCUT2D eigenvalue weighted by molar-refractivity contribution is 6.35. The van der Waals surface area contributed by atoms with E-state index < -0.39 is 11.6 Å². The maximum Gasteiger partial charge on any atom is 0.197 e. The Morgan fingerprint density at radius 2 is 1.83 bits per heavy atom. The van der Waals surface area contributed by atoms with Gasteiger partial charge in [0.05, 0.1) is 10.6 Å². The Hall–Kier alpha value is -1.38. The van der Waals surface area contributed by atoms with Crippen molar-refractivity contribution in [2.75, 3.05) is 0 Å². The summed E-state index contributed by atoms with van der Waals surface area (Å²) in [5, 5.41) is 0.560. The van der Waals surface area contributed by atoms with Crippen LogP contribution in [-0.4, -0.2) is 5.78 Å². The maximum absolute atomic E-state index is 13.6. The van der Waals surface area contributed by atoms with Crippen molar-refractivity contribution >= 4 is 29.0 Å². The van der Waals surface area contributed by atoms with Crippen molar-refractivity contribution in [3.05, 3.63) is 69.0 Å². The quantitative estimate of drug-likeness (QED) is 0.732. The van der Waals surface area contributed by atoms with Crippen LogP contribution in [0.3, 0.4) is 0 Å². The van der Waals surface area contributed by atoms with E-state index in [-0.39, 0.29) is 10.6 Å². The van der Waals surface area contributed by atoms with E-state index in [4.69, 9.17) is 23.2 Å². The number of rotatable bonds is 2. The highest BCUT2D eigenvalue weighted by Gasteiger charge is 2.17. The molecule has 2 aromatic rings. The number of hydrogen-bond donors (Lipinski definition) is 0. The van der Waals surface area contributed by atoms with Gasteiger partial charge in [-0.15, -0.1) is 0 Å². The van der Waals surface area contributed by atoms with Crippen molar-refractivity contribution in [2.45, 2.75) is 6.92 Å². The van der Waals surface area contributed by atoms with Gasteiger partial charge in [-0.1, -0.05) is 41.4 Å². The molecule has 18 heavy (non-hydrogen) atoms. The Morgan fingerprint density at radius 3 is 2.44 bits per heavy atom. The predicted octanol–water partition coefficient (Wildman–Crippen LogP) is 4.67. The molecule has 2 aromatic carbocycles. The average molecular weight is 283 g/mol. The lowest BCUT2D eigenvalue weighted by atomic mass is 10.0. The van der Waals surface area contributed by atoms with E-state index in [1.165, 1.54) is 24.3 Å². The molecule has 0 aliphatic rings. The lowest BCUT2D eigenvalue weighted by Gasteiger charge is -2.06. The van der Waals surface area contributed by atoms with E-state index in [1.54, 1.807) is 12.1 Å². The third kappa shape index (κ3) is 2.40. The molecule has 1 nitrogen and oxygen atoms in total. The van der Waals surface area contributed by atoms with Gasteiger partial charge in [0.2, 0.25) is 0 Å². The van der Waals surface area contributed by atoms with E-state index in [2.05, 4.69) is 0 Å². The molecule has 0 bridgehead atoms. The number of halogens is 3. The fourth-order valence-corrected chi connectivity index (χ4v) is 2.02. The summed E-state index contributed by atoms with van der Waals surface area (Å²) in [5.74, 6) is -1.11. The summed E-state index contributed by atoms with van der Waals surface area (Å²) in [4.78, 5) is 12.2. The Morgan fingerprint density at radius 1 is 1.11 bits per heavy atom. The highest BCUT2D eigenvalue weighted by atomic mass is 35.5. The van der Waals surface area contributed by atoms with Gasteiger partial charge in [0.15, 0.2) is 5.78 Å². The van der Waals surface area contributed by atoms with Crippen LogP contribution in [0, 0.1) is 12.7 Å². The van der Waals surface area contributed by atoms with Gasteiger partial charge in [-0.2, -0.15) is 0 Å². The van der Waals surface area contributed by atoms with Crippen molar-refractivity contribution in [3.63, 3.8) is 0 Å². The molecule has 0 aromatic heterocycles. The van der Waals surface area contributed by atoms with Crippen LogP contribution in [0.4, 0.5) is 4.39 Å². The Balaban J connectivity index is 2.51. The van der Waals surface area contributed by atoms with Crippen LogP contribution in [0.15, 0.2) is 36.4 Å². The molecule has 0 spiro atoms. The summed E-state index contributed by atoms with van der Waals surface area (Å²) in [6.45, 7) is 1.83. The monoisotopic (exact) mass is 282 g/mol. The summed E-state index contributed by atoms with van der Waals surface area (Å²) < 4.78 is 13.6. The van der Waals surface area contributed by atoms with Gasteiger partial charge in [0.1, 0.15) is 5.82 Å². The van der Waals surface area contributed by atoms with Crippen LogP contribution in [0.5, 0.6) is 0 Å². The molecular formula is C14H9Cl2FO. The minimum atomic E-state index is -0.635. The SMILES string of the molecule is Cc1ccc(C(=O)c2c(F)cccc2Cl)cc1Cl. The molecule has 0 aliphatic carbocycles. The zero-order valence-electron chi connectivity index (χ0n) is 9.51. The molecule has 4 heteroatoms. The minimum absolute atomic E-state index is 0.0942. The second-order valence-electron chi connectivity index (χ2n) is 3.89. The van der Waals surface area contributed by atoms with Crippen LogP contribution in [-0.2, 0) is 0 Å². The van der Waals surface area contributed by atoms with Gasteiger partial charge in [-0.05, 0) is 30.7 Å². The van der Waals surface area contributed by atoms with Crippen molar-refractivity contribution in [3.8, 4) is 0 Å². The largest absolute Gasteiger partial charge is 0.288 e. The molecule has 0 fully saturated rings. The number of carbonyl (C=O) groups excluding carboxylic acids is 1. The molecule has 0 N–H and O–H groups in total. The van der Waals surface area contributed by atoms with Crippen LogP contribution >= 0.6 is 23.2 Å². The number of ketones is 1. The number of benzene rings is 2. The van der Waals surface area contributed by atoms with Crippen LogP contribution in [0.2, 0.25) is 10.0 Å². The van der Waals surface area contributed by atoms with Gasteiger partial charge in [0, 0.05) is 10.6 Å².